The van der Waals surface area contributed by atoms with Crippen LogP contribution in [0.4, 0.5) is 27.8 Å². The first-order chi connectivity index (χ1) is 17.0. The van der Waals surface area contributed by atoms with E-state index in [2.05, 4.69) is 10.3 Å². The molecule has 2 heterocycles. The number of rotatable bonds is 6. The highest BCUT2D eigenvalue weighted by atomic mass is 19.4. The van der Waals surface area contributed by atoms with E-state index in [-0.39, 0.29) is 17.0 Å². The summed E-state index contributed by atoms with van der Waals surface area (Å²) in [5, 5.41) is 3.23. The molecule has 0 radical (unpaired) electrons. The molecule has 36 heavy (non-hydrogen) atoms. The predicted molar refractivity (Wildman–Crippen MR) is 128 cm³/mol. The minimum atomic E-state index is -4.59. The van der Waals surface area contributed by atoms with Crippen LogP contribution in [0.3, 0.4) is 0 Å². The van der Waals surface area contributed by atoms with Crippen molar-refractivity contribution in [3.05, 3.63) is 83.6 Å². The Bertz CT molecular complexity index is 1200. The van der Waals surface area contributed by atoms with Crippen molar-refractivity contribution in [2.75, 3.05) is 25.0 Å². The van der Waals surface area contributed by atoms with E-state index in [0.29, 0.717) is 49.4 Å². The molecule has 3 aromatic rings. The maximum Gasteiger partial charge on any atom is 0.417 e. The van der Waals surface area contributed by atoms with Crippen LogP contribution >= 0.6 is 0 Å². The fraction of sp³-hybridized carbons (Fsp3) is 0.333. The number of likely N-dealkylation sites (tertiary alicyclic amines) is 1. The Morgan fingerprint density at radius 3 is 2.19 bits per heavy atom. The lowest BCUT2D eigenvalue weighted by Gasteiger charge is -2.32. The Balaban J connectivity index is 1.33. The molecule has 1 amide bonds. The van der Waals surface area contributed by atoms with Gasteiger partial charge in [-0.05, 0) is 48.6 Å². The van der Waals surface area contributed by atoms with Crippen molar-refractivity contribution >= 4 is 11.7 Å². The first kappa shape index (κ1) is 25.6. The van der Waals surface area contributed by atoms with Gasteiger partial charge in [0, 0.05) is 43.9 Å². The Labute approximate surface area is 206 Å². The van der Waals surface area contributed by atoms with Gasteiger partial charge in [0.1, 0.15) is 5.82 Å². The molecule has 0 aliphatic carbocycles. The fourth-order valence-electron chi connectivity index (χ4n) is 4.45. The van der Waals surface area contributed by atoms with Gasteiger partial charge in [-0.15, -0.1) is 0 Å². The van der Waals surface area contributed by atoms with Gasteiger partial charge in [0.2, 0.25) is 0 Å². The number of carbonyl (C=O) groups excluding carboxylic acids is 1. The first-order valence-corrected chi connectivity index (χ1v) is 11.7. The van der Waals surface area contributed by atoms with Crippen LogP contribution in [0.2, 0.25) is 0 Å². The van der Waals surface area contributed by atoms with Gasteiger partial charge in [0.15, 0.2) is 0 Å². The molecule has 1 aliphatic heterocycles. The third kappa shape index (κ3) is 5.83. The number of piperidine rings is 1. The second-order valence-electron chi connectivity index (χ2n) is 9.03. The van der Waals surface area contributed by atoms with Crippen molar-refractivity contribution in [2.24, 2.45) is 5.92 Å². The standard InChI is InChI=1S/C27H26F5N3O/c1-26(28,29)22-8-4-2-6-20(22)19-10-11-24(34-17-19)33-16-18-12-14-35(15-13-18)25(36)21-7-3-5-9-23(21)27(30,31)32/h2-11,17-18H,12-16H2,1H3,(H,33,34). The van der Waals surface area contributed by atoms with E-state index >= 15 is 0 Å². The molecule has 1 aromatic heterocycles. The lowest BCUT2D eigenvalue weighted by Crippen LogP contribution is -2.40. The number of anilines is 1. The summed E-state index contributed by atoms with van der Waals surface area (Å²) in [5.74, 6) is -2.77. The average Bonchev–Trinajstić information content (AvgIpc) is 2.87. The zero-order valence-electron chi connectivity index (χ0n) is 19.7. The smallest absolute Gasteiger partial charge is 0.370 e. The van der Waals surface area contributed by atoms with Crippen molar-refractivity contribution in [1.29, 1.82) is 0 Å². The summed E-state index contributed by atoms with van der Waals surface area (Å²) < 4.78 is 67.7. The summed E-state index contributed by atoms with van der Waals surface area (Å²) in [6.45, 7) is 2.18. The fourth-order valence-corrected chi connectivity index (χ4v) is 4.45. The number of nitrogens with zero attached hydrogens (tertiary/aromatic N) is 2. The largest absolute Gasteiger partial charge is 0.417 e. The number of pyridine rings is 1. The van der Waals surface area contributed by atoms with E-state index in [1.165, 1.54) is 29.2 Å². The quantitative estimate of drug-likeness (QED) is 0.375. The van der Waals surface area contributed by atoms with Gasteiger partial charge >= 0.3 is 6.18 Å². The van der Waals surface area contributed by atoms with Gasteiger partial charge < -0.3 is 10.2 Å². The van der Waals surface area contributed by atoms with Gasteiger partial charge in [-0.2, -0.15) is 13.2 Å². The third-order valence-corrected chi connectivity index (χ3v) is 6.41. The van der Waals surface area contributed by atoms with E-state index in [9.17, 15) is 26.7 Å². The maximum absolute atomic E-state index is 13.9. The van der Waals surface area contributed by atoms with Crippen LogP contribution in [0.25, 0.3) is 11.1 Å². The molecule has 1 N–H and O–H groups in total. The van der Waals surface area contributed by atoms with E-state index in [1.54, 1.807) is 36.5 Å². The van der Waals surface area contributed by atoms with Crippen LogP contribution in [0, 0.1) is 5.92 Å². The molecular formula is C27H26F5N3O. The molecule has 0 spiro atoms. The number of hydrogen-bond donors (Lipinski definition) is 1. The molecule has 1 saturated heterocycles. The van der Waals surface area contributed by atoms with Crippen molar-refractivity contribution in [2.45, 2.75) is 31.9 Å². The minimum Gasteiger partial charge on any atom is -0.370 e. The second-order valence-corrected chi connectivity index (χ2v) is 9.03. The molecule has 1 aliphatic rings. The number of amides is 1. The summed E-state index contributed by atoms with van der Waals surface area (Å²) >= 11 is 0. The summed E-state index contributed by atoms with van der Waals surface area (Å²) in [6.07, 6.45) is -1.75. The van der Waals surface area contributed by atoms with E-state index < -0.39 is 23.6 Å². The number of benzene rings is 2. The predicted octanol–water partition coefficient (Wildman–Crippen LogP) is 6.84. The van der Waals surface area contributed by atoms with Crippen LogP contribution < -0.4 is 5.32 Å². The third-order valence-electron chi connectivity index (χ3n) is 6.41. The van der Waals surface area contributed by atoms with E-state index in [4.69, 9.17) is 0 Å². The Morgan fingerprint density at radius 2 is 1.58 bits per heavy atom. The number of carbonyl (C=O) groups is 1. The summed E-state index contributed by atoms with van der Waals surface area (Å²) in [5.41, 5.74) is -0.296. The van der Waals surface area contributed by atoms with Crippen molar-refractivity contribution in [1.82, 2.24) is 9.88 Å². The van der Waals surface area contributed by atoms with Crippen LogP contribution in [0.5, 0.6) is 0 Å². The van der Waals surface area contributed by atoms with Gasteiger partial charge in [-0.1, -0.05) is 36.4 Å². The molecule has 0 bridgehead atoms. The van der Waals surface area contributed by atoms with Gasteiger partial charge in [0.05, 0.1) is 11.1 Å². The number of nitrogens with one attached hydrogen (secondary N) is 1. The van der Waals surface area contributed by atoms with Crippen LogP contribution in [-0.2, 0) is 12.1 Å². The van der Waals surface area contributed by atoms with Gasteiger partial charge in [-0.25, -0.2) is 13.8 Å². The molecule has 9 heteroatoms. The average molecular weight is 504 g/mol. The molecule has 190 valence electrons. The normalized spacial score (nSPS) is 15.1. The second kappa shape index (κ2) is 10.2. The summed E-state index contributed by atoms with van der Waals surface area (Å²) in [4.78, 5) is 18.6. The molecule has 2 aromatic carbocycles. The summed E-state index contributed by atoms with van der Waals surface area (Å²) in [7, 11) is 0. The van der Waals surface area contributed by atoms with Crippen LogP contribution in [0.1, 0.15) is 41.3 Å². The van der Waals surface area contributed by atoms with Crippen molar-refractivity contribution in [3.63, 3.8) is 0 Å². The molecule has 0 saturated carbocycles. The van der Waals surface area contributed by atoms with Crippen molar-refractivity contribution in [3.8, 4) is 11.1 Å². The number of hydrogen-bond acceptors (Lipinski definition) is 3. The molecular weight excluding hydrogens is 477 g/mol. The Morgan fingerprint density at radius 1 is 0.944 bits per heavy atom. The molecule has 0 unspecified atom stereocenters. The topological polar surface area (TPSA) is 45.2 Å². The minimum absolute atomic E-state index is 0.0633. The van der Waals surface area contributed by atoms with Gasteiger partial charge in [0.25, 0.3) is 11.8 Å². The zero-order valence-corrected chi connectivity index (χ0v) is 19.7. The maximum atomic E-state index is 13.9. The van der Waals surface area contributed by atoms with E-state index in [1.807, 2.05) is 0 Å². The number of alkyl halides is 5. The van der Waals surface area contributed by atoms with Crippen LogP contribution in [0.15, 0.2) is 66.9 Å². The molecule has 1 fully saturated rings. The van der Waals surface area contributed by atoms with E-state index in [0.717, 1.165) is 13.0 Å². The Hall–Kier alpha value is -3.49. The summed E-state index contributed by atoms with van der Waals surface area (Å²) in [6, 6.07) is 14.6. The Kier molecular flexibility index (Phi) is 7.28. The lowest BCUT2D eigenvalue weighted by molar-refractivity contribution is -0.138. The highest BCUT2D eigenvalue weighted by Crippen LogP contribution is 2.36. The lowest BCUT2D eigenvalue weighted by atomic mass is 9.95. The highest BCUT2D eigenvalue weighted by Gasteiger charge is 2.36. The number of halogens is 5. The molecule has 4 rings (SSSR count). The van der Waals surface area contributed by atoms with Gasteiger partial charge in [-0.3, -0.25) is 4.79 Å². The van der Waals surface area contributed by atoms with Crippen molar-refractivity contribution < 1.29 is 26.7 Å². The monoisotopic (exact) mass is 503 g/mol. The SMILES string of the molecule is CC(F)(F)c1ccccc1-c1ccc(NCC2CCN(C(=O)c3ccccc3C(F)(F)F)CC2)nc1. The first-order valence-electron chi connectivity index (χ1n) is 11.7. The molecule has 0 atom stereocenters. The highest BCUT2D eigenvalue weighted by molar-refractivity contribution is 5.96. The van der Waals surface area contributed by atoms with Crippen LogP contribution in [-0.4, -0.2) is 35.4 Å². The number of aromatic nitrogens is 1. The zero-order chi connectivity index (χ0) is 25.9. The molecule has 4 nitrogen and oxygen atoms in total.